The van der Waals surface area contributed by atoms with Gasteiger partial charge in [-0.3, -0.25) is 9.80 Å². The molecular weight excluding hydrogens is 314 g/mol. The minimum atomic E-state index is 0.499. The van der Waals surface area contributed by atoms with Gasteiger partial charge in [-0.2, -0.15) is 0 Å². The molecule has 20 heavy (non-hydrogen) atoms. The number of piperazine rings is 1. The van der Waals surface area contributed by atoms with Gasteiger partial charge < -0.3 is 5.32 Å². The van der Waals surface area contributed by atoms with Gasteiger partial charge in [0.2, 0.25) is 0 Å². The molecule has 110 valence electrons. The normalized spacial score (nSPS) is 26.8. The highest BCUT2D eigenvalue weighted by Gasteiger charge is 2.31. The van der Waals surface area contributed by atoms with Gasteiger partial charge in [-0.05, 0) is 25.0 Å². The summed E-state index contributed by atoms with van der Waals surface area (Å²) in [4.78, 5) is 5.30. The van der Waals surface area contributed by atoms with Crippen LogP contribution in [0.3, 0.4) is 0 Å². The standard InChI is InChI=1S/C16H24BrN3/c1-13(15-4-2-3-5-16(15)17)20-9-6-14(12-20)19-10-7-18-8-11-19/h2-5,13-14,18H,6-12H2,1H3. The van der Waals surface area contributed by atoms with E-state index in [2.05, 4.69) is 62.2 Å². The number of halogens is 1. The first kappa shape index (κ1) is 14.5. The van der Waals surface area contributed by atoms with Crippen LogP contribution in [0, 0.1) is 0 Å². The largest absolute Gasteiger partial charge is 0.314 e. The van der Waals surface area contributed by atoms with Gasteiger partial charge in [0.05, 0.1) is 0 Å². The minimum Gasteiger partial charge on any atom is -0.314 e. The van der Waals surface area contributed by atoms with Crippen LogP contribution in [0.25, 0.3) is 0 Å². The summed E-state index contributed by atoms with van der Waals surface area (Å²) < 4.78 is 1.23. The predicted octanol–water partition coefficient (Wildman–Crippen LogP) is 2.49. The summed E-state index contributed by atoms with van der Waals surface area (Å²) >= 11 is 3.69. The fourth-order valence-corrected chi connectivity index (χ4v) is 4.09. The zero-order valence-electron chi connectivity index (χ0n) is 12.2. The molecule has 1 aromatic carbocycles. The highest BCUT2D eigenvalue weighted by Crippen LogP contribution is 2.31. The third kappa shape index (κ3) is 3.08. The van der Waals surface area contributed by atoms with Crippen molar-refractivity contribution in [1.82, 2.24) is 15.1 Å². The van der Waals surface area contributed by atoms with Crippen LogP contribution in [0.5, 0.6) is 0 Å². The molecule has 0 aliphatic carbocycles. The summed E-state index contributed by atoms with van der Waals surface area (Å²) in [6.45, 7) is 9.48. The van der Waals surface area contributed by atoms with E-state index in [0.29, 0.717) is 6.04 Å². The first-order valence-corrected chi connectivity index (χ1v) is 8.48. The number of hydrogen-bond acceptors (Lipinski definition) is 3. The molecule has 0 aromatic heterocycles. The molecule has 1 aromatic rings. The van der Waals surface area contributed by atoms with Gasteiger partial charge in [0.15, 0.2) is 0 Å². The lowest BCUT2D eigenvalue weighted by Crippen LogP contribution is -2.49. The van der Waals surface area contributed by atoms with Gasteiger partial charge in [-0.25, -0.2) is 0 Å². The number of likely N-dealkylation sites (tertiary alicyclic amines) is 1. The van der Waals surface area contributed by atoms with E-state index in [1.54, 1.807) is 0 Å². The Morgan fingerprint density at radius 1 is 1.20 bits per heavy atom. The Balaban J connectivity index is 1.63. The SMILES string of the molecule is CC(c1ccccc1Br)N1CCC(N2CCNCC2)C1. The van der Waals surface area contributed by atoms with Crippen LogP contribution >= 0.6 is 15.9 Å². The van der Waals surface area contributed by atoms with E-state index in [1.165, 1.54) is 42.6 Å². The van der Waals surface area contributed by atoms with Crippen LogP contribution in [0.1, 0.15) is 24.9 Å². The lowest BCUT2D eigenvalue weighted by Gasteiger charge is -2.33. The second kappa shape index (κ2) is 6.56. The first-order valence-electron chi connectivity index (χ1n) is 7.69. The second-order valence-corrected chi connectivity index (χ2v) is 6.78. The first-order chi connectivity index (χ1) is 9.75. The van der Waals surface area contributed by atoms with Gasteiger partial charge in [0.1, 0.15) is 0 Å². The summed E-state index contributed by atoms with van der Waals surface area (Å²) in [6.07, 6.45) is 1.31. The molecule has 2 fully saturated rings. The molecule has 0 bridgehead atoms. The second-order valence-electron chi connectivity index (χ2n) is 5.92. The number of rotatable bonds is 3. The Hall–Kier alpha value is -0.420. The molecule has 2 saturated heterocycles. The third-order valence-electron chi connectivity index (χ3n) is 4.77. The topological polar surface area (TPSA) is 18.5 Å². The molecule has 0 spiro atoms. The van der Waals surface area contributed by atoms with Crippen LogP contribution in [0.15, 0.2) is 28.7 Å². The van der Waals surface area contributed by atoms with Crippen LogP contribution in [-0.4, -0.2) is 55.1 Å². The van der Waals surface area contributed by atoms with Crippen molar-refractivity contribution >= 4 is 15.9 Å². The van der Waals surface area contributed by atoms with Gasteiger partial charge in [-0.15, -0.1) is 0 Å². The third-order valence-corrected chi connectivity index (χ3v) is 5.49. The monoisotopic (exact) mass is 337 g/mol. The van der Waals surface area contributed by atoms with Crippen LogP contribution < -0.4 is 5.32 Å². The minimum absolute atomic E-state index is 0.499. The van der Waals surface area contributed by atoms with E-state index >= 15 is 0 Å². The average Bonchev–Trinajstić information content (AvgIpc) is 2.98. The zero-order valence-corrected chi connectivity index (χ0v) is 13.8. The highest BCUT2D eigenvalue weighted by atomic mass is 79.9. The Labute approximate surface area is 130 Å². The van der Waals surface area contributed by atoms with Gasteiger partial charge in [-0.1, -0.05) is 34.1 Å². The molecule has 3 rings (SSSR count). The van der Waals surface area contributed by atoms with Crippen molar-refractivity contribution in [3.63, 3.8) is 0 Å². The summed E-state index contributed by atoms with van der Waals surface area (Å²) in [5.41, 5.74) is 1.41. The summed E-state index contributed by atoms with van der Waals surface area (Å²) in [6, 6.07) is 9.87. The Bertz CT molecular complexity index is 445. The van der Waals surface area contributed by atoms with Crippen LogP contribution in [0.2, 0.25) is 0 Å². The smallest absolute Gasteiger partial charge is 0.0331 e. The van der Waals surface area contributed by atoms with Crippen molar-refractivity contribution < 1.29 is 0 Å². The van der Waals surface area contributed by atoms with Crippen molar-refractivity contribution in [2.24, 2.45) is 0 Å². The van der Waals surface area contributed by atoms with E-state index < -0.39 is 0 Å². The molecule has 2 aliphatic rings. The van der Waals surface area contributed by atoms with Crippen molar-refractivity contribution in [2.75, 3.05) is 39.3 Å². The van der Waals surface area contributed by atoms with Gasteiger partial charge >= 0.3 is 0 Å². The van der Waals surface area contributed by atoms with E-state index in [-0.39, 0.29) is 0 Å². The van der Waals surface area contributed by atoms with E-state index in [4.69, 9.17) is 0 Å². The Kier molecular flexibility index (Phi) is 4.76. The van der Waals surface area contributed by atoms with Gasteiger partial charge in [0, 0.05) is 55.8 Å². The molecule has 2 aliphatic heterocycles. The number of hydrogen-bond donors (Lipinski definition) is 1. The highest BCUT2D eigenvalue weighted by molar-refractivity contribution is 9.10. The molecule has 4 heteroatoms. The fraction of sp³-hybridized carbons (Fsp3) is 0.625. The van der Waals surface area contributed by atoms with Crippen molar-refractivity contribution in [3.05, 3.63) is 34.3 Å². The molecule has 1 N–H and O–H groups in total. The molecule has 2 atom stereocenters. The lowest BCUT2D eigenvalue weighted by atomic mass is 10.1. The van der Waals surface area contributed by atoms with E-state index in [0.717, 1.165) is 19.1 Å². The zero-order chi connectivity index (χ0) is 13.9. The molecule has 0 saturated carbocycles. The lowest BCUT2D eigenvalue weighted by molar-refractivity contribution is 0.162. The van der Waals surface area contributed by atoms with Crippen molar-refractivity contribution in [3.8, 4) is 0 Å². The average molecular weight is 338 g/mol. The molecular formula is C16H24BrN3. The number of nitrogens with one attached hydrogen (secondary N) is 1. The quantitative estimate of drug-likeness (QED) is 0.914. The van der Waals surface area contributed by atoms with Gasteiger partial charge in [0.25, 0.3) is 0 Å². The molecule has 3 nitrogen and oxygen atoms in total. The predicted molar refractivity (Wildman–Crippen MR) is 87.0 cm³/mol. The Morgan fingerprint density at radius 2 is 1.95 bits per heavy atom. The maximum absolute atomic E-state index is 3.69. The number of nitrogens with zero attached hydrogens (tertiary/aromatic N) is 2. The van der Waals surface area contributed by atoms with Crippen molar-refractivity contribution in [2.45, 2.75) is 25.4 Å². The van der Waals surface area contributed by atoms with Crippen molar-refractivity contribution in [1.29, 1.82) is 0 Å². The van der Waals surface area contributed by atoms with Crippen LogP contribution in [-0.2, 0) is 0 Å². The fourth-order valence-electron chi connectivity index (χ4n) is 3.48. The summed E-state index contributed by atoms with van der Waals surface area (Å²) in [5.74, 6) is 0. The molecule has 2 unspecified atom stereocenters. The molecule has 0 amide bonds. The van der Waals surface area contributed by atoms with E-state index in [1.807, 2.05) is 0 Å². The Morgan fingerprint density at radius 3 is 2.70 bits per heavy atom. The van der Waals surface area contributed by atoms with E-state index in [9.17, 15) is 0 Å². The maximum atomic E-state index is 3.69. The summed E-state index contributed by atoms with van der Waals surface area (Å²) in [7, 11) is 0. The molecule has 2 heterocycles. The van der Waals surface area contributed by atoms with Crippen LogP contribution in [0.4, 0.5) is 0 Å². The summed E-state index contributed by atoms with van der Waals surface area (Å²) in [5, 5.41) is 3.44. The molecule has 0 radical (unpaired) electrons. The maximum Gasteiger partial charge on any atom is 0.0331 e. The number of benzene rings is 1.